The van der Waals surface area contributed by atoms with Gasteiger partial charge in [0.1, 0.15) is 0 Å². The van der Waals surface area contributed by atoms with E-state index in [2.05, 4.69) is 4.84 Å². The summed E-state index contributed by atoms with van der Waals surface area (Å²) in [6.45, 7) is -0.487. The van der Waals surface area contributed by atoms with Crippen molar-refractivity contribution in [3.8, 4) is 0 Å². The summed E-state index contributed by atoms with van der Waals surface area (Å²) in [5.41, 5.74) is -0.776. The summed E-state index contributed by atoms with van der Waals surface area (Å²) in [7, 11) is 0. The number of hydrogen-bond donors (Lipinski definition) is 1. The average molecular weight is 341 g/mol. The lowest BCUT2D eigenvalue weighted by atomic mass is 9.77. The Morgan fingerprint density at radius 2 is 1.88 bits per heavy atom. The second-order valence-corrected chi connectivity index (χ2v) is 5.69. The molecule has 0 bridgehead atoms. The molecule has 0 aromatic carbocycles. The van der Waals surface area contributed by atoms with E-state index in [0.29, 0.717) is 19.3 Å². The molecule has 1 aliphatic carbocycles. The third-order valence-electron chi connectivity index (χ3n) is 3.89. The first-order chi connectivity index (χ1) is 11.5. The highest BCUT2D eigenvalue weighted by Gasteiger charge is 2.34. The number of carboxylic acids is 1. The van der Waals surface area contributed by atoms with Crippen LogP contribution >= 0.6 is 0 Å². The molecule has 1 unspecified atom stereocenters. The molecule has 0 fully saturated rings. The molecule has 0 aromatic rings. The molecule has 0 saturated carbocycles. The molecule has 1 N–H and O–H groups in total. The average Bonchev–Trinajstić information content (AvgIpc) is 2.56. The molecule has 0 aromatic heterocycles. The molecular formula is C16H23NO7. The maximum atomic E-state index is 11.5. The Bertz CT molecular complexity index is 501. The van der Waals surface area contributed by atoms with Crippen LogP contribution in [-0.2, 0) is 19.2 Å². The maximum Gasteiger partial charge on any atom is 0.332 e. The molecule has 1 rings (SSSR count). The monoisotopic (exact) mass is 341 g/mol. The Morgan fingerprint density at radius 1 is 1.17 bits per heavy atom. The van der Waals surface area contributed by atoms with Gasteiger partial charge >= 0.3 is 11.9 Å². The zero-order valence-electron chi connectivity index (χ0n) is 13.5. The molecule has 0 heterocycles. The van der Waals surface area contributed by atoms with E-state index in [0.717, 1.165) is 25.7 Å². The van der Waals surface area contributed by atoms with Gasteiger partial charge in [-0.1, -0.05) is 50.0 Å². The third-order valence-corrected chi connectivity index (χ3v) is 3.89. The lowest BCUT2D eigenvalue weighted by Gasteiger charge is -2.26. The van der Waals surface area contributed by atoms with Gasteiger partial charge in [0.05, 0.1) is 12.0 Å². The number of ether oxygens (including phenoxy) is 1. The molecule has 0 saturated heterocycles. The van der Waals surface area contributed by atoms with Crippen molar-refractivity contribution in [2.24, 2.45) is 5.41 Å². The normalized spacial score (nSPS) is 19.0. The summed E-state index contributed by atoms with van der Waals surface area (Å²) >= 11 is 0. The van der Waals surface area contributed by atoms with Gasteiger partial charge in [-0.25, -0.2) is 4.79 Å². The molecule has 24 heavy (non-hydrogen) atoms. The van der Waals surface area contributed by atoms with Gasteiger partial charge in [-0.05, 0) is 19.3 Å². The first kappa shape index (κ1) is 19.7. The fourth-order valence-electron chi connectivity index (χ4n) is 2.52. The number of carbonyl (C=O) groups is 2. The number of carbonyl (C=O) groups excluding carboxylic acids is 1. The second-order valence-electron chi connectivity index (χ2n) is 5.69. The summed E-state index contributed by atoms with van der Waals surface area (Å²) in [4.78, 5) is 36.3. The fourth-order valence-corrected chi connectivity index (χ4v) is 2.52. The van der Waals surface area contributed by atoms with Crippen molar-refractivity contribution < 1.29 is 29.4 Å². The summed E-state index contributed by atoms with van der Waals surface area (Å²) in [6, 6.07) is 0. The number of nitrogens with zero attached hydrogens (tertiary/aromatic N) is 1. The quantitative estimate of drug-likeness (QED) is 0.251. The molecule has 8 nitrogen and oxygen atoms in total. The van der Waals surface area contributed by atoms with Crippen molar-refractivity contribution >= 4 is 11.9 Å². The lowest BCUT2D eigenvalue weighted by Crippen LogP contribution is -2.29. The van der Waals surface area contributed by atoms with E-state index < -0.39 is 29.0 Å². The highest BCUT2D eigenvalue weighted by atomic mass is 17.0. The molecule has 134 valence electrons. The van der Waals surface area contributed by atoms with E-state index in [-0.39, 0.29) is 6.61 Å². The van der Waals surface area contributed by atoms with Gasteiger partial charge in [0, 0.05) is 0 Å². The van der Waals surface area contributed by atoms with E-state index in [1.54, 1.807) is 12.2 Å². The van der Waals surface area contributed by atoms with E-state index in [4.69, 9.17) is 4.74 Å². The highest BCUT2D eigenvalue weighted by molar-refractivity contribution is 5.77. The number of carboxylic acid groups (broad SMARTS) is 1. The van der Waals surface area contributed by atoms with Gasteiger partial charge in [-0.15, -0.1) is 10.1 Å². The van der Waals surface area contributed by atoms with Crippen molar-refractivity contribution in [2.45, 2.75) is 44.9 Å². The van der Waals surface area contributed by atoms with Crippen LogP contribution in [0.15, 0.2) is 24.3 Å². The Labute approximate surface area is 140 Å². The molecule has 0 aliphatic heterocycles. The molecule has 0 spiro atoms. The predicted octanol–water partition coefficient (Wildman–Crippen LogP) is 2.67. The second kappa shape index (κ2) is 10.4. The summed E-state index contributed by atoms with van der Waals surface area (Å²) < 4.78 is 4.78. The van der Waals surface area contributed by atoms with E-state index in [9.17, 15) is 24.8 Å². The molecule has 8 heteroatoms. The standard InChI is InChI=1S/C16H23NO7/c18-14(13-24-17(21)22)23-12-8-3-1-2-5-9-16(15(19)20)10-6-4-7-11-16/h4,6-7,10H,1-3,5,8-9,11-13H2,(H,19,20). The Hall–Kier alpha value is -2.38. The summed E-state index contributed by atoms with van der Waals surface area (Å²) in [5, 5.41) is 18.3. The van der Waals surface area contributed by atoms with Crippen LogP contribution in [0.25, 0.3) is 0 Å². The Balaban J connectivity index is 2.05. The van der Waals surface area contributed by atoms with Gasteiger partial charge in [-0.3, -0.25) is 4.79 Å². The SMILES string of the molecule is O=C(CO[N+](=O)[O-])OCCCCCCCC1(C(=O)O)C=CC=CC1. The van der Waals surface area contributed by atoms with Gasteiger partial charge in [-0.2, -0.15) is 0 Å². The van der Waals surface area contributed by atoms with E-state index in [1.807, 2.05) is 12.2 Å². The minimum Gasteiger partial charge on any atom is -0.481 e. The fraction of sp³-hybridized carbons (Fsp3) is 0.625. The number of hydrogen-bond acceptors (Lipinski definition) is 6. The Morgan fingerprint density at radius 3 is 2.50 bits per heavy atom. The maximum absolute atomic E-state index is 11.5. The minimum atomic E-state index is -1.04. The Kier molecular flexibility index (Phi) is 8.53. The molecular weight excluding hydrogens is 318 g/mol. The van der Waals surface area contributed by atoms with Crippen LogP contribution in [-0.4, -0.2) is 35.3 Å². The van der Waals surface area contributed by atoms with E-state index >= 15 is 0 Å². The highest BCUT2D eigenvalue weighted by Crippen LogP contribution is 2.34. The van der Waals surface area contributed by atoms with Crippen molar-refractivity contribution in [3.05, 3.63) is 34.4 Å². The molecule has 1 atom stereocenters. The number of aliphatic carboxylic acids is 1. The van der Waals surface area contributed by atoms with Crippen molar-refractivity contribution in [1.29, 1.82) is 0 Å². The van der Waals surface area contributed by atoms with Gasteiger partial charge in [0.25, 0.3) is 5.09 Å². The van der Waals surface area contributed by atoms with Gasteiger partial charge in [0.15, 0.2) is 6.61 Å². The van der Waals surface area contributed by atoms with Crippen LogP contribution in [0.3, 0.4) is 0 Å². The zero-order valence-corrected chi connectivity index (χ0v) is 13.5. The van der Waals surface area contributed by atoms with Crippen molar-refractivity contribution in [1.82, 2.24) is 0 Å². The zero-order chi connectivity index (χ0) is 17.8. The van der Waals surface area contributed by atoms with Crippen molar-refractivity contribution in [3.63, 3.8) is 0 Å². The number of esters is 1. The van der Waals surface area contributed by atoms with E-state index in [1.165, 1.54) is 0 Å². The predicted molar refractivity (Wildman–Crippen MR) is 84.6 cm³/mol. The summed E-state index contributed by atoms with van der Waals surface area (Å²) in [6.07, 6.45) is 12.6. The van der Waals surface area contributed by atoms with Crippen molar-refractivity contribution in [2.75, 3.05) is 13.2 Å². The van der Waals surface area contributed by atoms with Crippen LogP contribution in [0.5, 0.6) is 0 Å². The molecule has 1 aliphatic rings. The number of unbranched alkanes of at least 4 members (excludes halogenated alkanes) is 4. The summed E-state index contributed by atoms with van der Waals surface area (Å²) in [5.74, 6) is -1.54. The van der Waals surface area contributed by atoms with Gasteiger partial charge in [0.2, 0.25) is 0 Å². The lowest BCUT2D eigenvalue weighted by molar-refractivity contribution is -0.754. The first-order valence-corrected chi connectivity index (χ1v) is 7.97. The molecule has 0 radical (unpaired) electrons. The van der Waals surface area contributed by atoms with Crippen LogP contribution in [0, 0.1) is 15.5 Å². The van der Waals surface area contributed by atoms with Crippen LogP contribution in [0.4, 0.5) is 0 Å². The topological polar surface area (TPSA) is 116 Å². The minimum absolute atomic E-state index is 0.201. The molecule has 0 amide bonds. The largest absolute Gasteiger partial charge is 0.481 e. The van der Waals surface area contributed by atoms with Crippen LogP contribution in [0.1, 0.15) is 44.9 Å². The third kappa shape index (κ3) is 7.26. The number of allylic oxidation sites excluding steroid dienone is 3. The first-order valence-electron chi connectivity index (χ1n) is 7.97. The van der Waals surface area contributed by atoms with Crippen LogP contribution < -0.4 is 0 Å². The van der Waals surface area contributed by atoms with Gasteiger partial charge < -0.3 is 14.7 Å². The van der Waals surface area contributed by atoms with Crippen LogP contribution in [0.2, 0.25) is 0 Å². The number of rotatable bonds is 12. The smallest absolute Gasteiger partial charge is 0.332 e.